The smallest absolute Gasteiger partial charge is 0.325 e. The van der Waals surface area contributed by atoms with Crippen molar-refractivity contribution < 1.29 is 19.1 Å². The Bertz CT molecular complexity index is 697. The van der Waals surface area contributed by atoms with Crippen LogP contribution in [0.3, 0.4) is 0 Å². The number of nitrogens with one attached hydrogen (secondary N) is 1. The van der Waals surface area contributed by atoms with Gasteiger partial charge < -0.3 is 10.4 Å². The Kier molecular flexibility index (Phi) is 4.02. The fraction of sp³-hybridized carbons (Fsp3) is 0.214. The first-order chi connectivity index (χ1) is 9.88. The van der Waals surface area contributed by atoms with Gasteiger partial charge in [-0.1, -0.05) is 0 Å². The Morgan fingerprint density at radius 3 is 2.71 bits per heavy atom. The van der Waals surface area contributed by atoms with Crippen molar-refractivity contribution in [3.8, 4) is 5.69 Å². The summed E-state index contributed by atoms with van der Waals surface area (Å²) in [4.78, 5) is 22.5. The summed E-state index contributed by atoms with van der Waals surface area (Å²) in [7, 11) is 0. The molecular formula is C14H14FN3O3. The first-order valence-electron chi connectivity index (χ1n) is 6.24. The van der Waals surface area contributed by atoms with E-state index in [1.54, 1.807) is 19.2 Å². The molecule has 0 aliphatic carbocycles. The number of benzene rings is 1. The van der Waals surface area contributed by atoms with E-state index in [1.165, 1.54) is 29.8 Å². The Labute approximate surface area is 120 Å². The summed E-state index contributed by atoms with van der Waals surface area (Å²) in [5.74, 6) is -2.06. The molecule has 0 unspecified atom stereocenters. The fourth-order valence-corrected chi connectivity index (χ4v) is 1.79. The van der Waals surface area contributed by atoms with Gasteiger partial charge in [-0.05, 0) is 43.7 Å². The lowest BCUT2D eigenvalue weighted by molar-refractivity contribution is -0.138. The molecule has 2 rings (SSSR count). The van der Waals surface area contributed by atoms with Crippen molar-refractivity contribution in [3.63, 3.8) is 0 Å². The van der Waals surface area contributed by atoms with Crippen molar-refractivity contribution in [1.82, 2.24) is 15.1 Å². The molecule has 1 aromatic heterocycles. The van der Waals surface area contributed by atoms with Crippen LogP contribution in [0.15, 0.2) is 30.5 Å². The number of carboxylic acid groups (broad SMARTS) is 1. The van der Waals surface area contributed by atoms with E-state index >= 15 is 0 Å². The molecule has 0 saturated carbocycles. The van der Waals surface area contributed by atoms with Gasteiger partial charge in [0.2, 0.25) is 0 Å². The summed E-state index contributed by atoms with van der Waals surface area (Å²) >= 11 is 0. The molecule has 6 nitrogen and oxygen atoms in total. The molecule has 2 N–H and O–H groups in total. The molecule has 0 bridgehead atoms. The van der Waals surface area contributed by atoms with Crippen molar-refractivity contribution in [2.75, 3.05) is 0 Å². The maximum absolute atomic E-state index is 13.1. The number of rotatable bonds is 4. The van der Waals surface area contributed by atoms with E-state index in [1.807, 2.05) is 0 Å². The highest BCUT2D eigenvalue weighted by Gasteiger charge is 2.17. The zero-order valence-electron chi connectivity index (χ0n) is 11.5. The third-order valence-electron chi connectivity index (χ3n) is 2.95. The van der Waals surface area contributed by atoms with Crippen molar-refractivity contribution in [2.24, 2.45) is 0 Å². The van der Waals surface area contributed by atoms with Crippen LogP contribution in [0.25, 0.3) is 5.69 Å². The number of amides is 1. The number of nitrogens with zero attached hydrogens (tertiary/aromatic N) is 2. The van der Waals surface area contributed by atoms with Gasteiger partial charge in [0.1, 0.15) is 11.9 Å². The maximum atomic E-state index is 13.1. The number of carboxylic acids is 1. The number of carbonyl (C=O) groups excluding carboxylic acids is 1. The quantitative estimate of drug-likeness (QED) is 0.894. The molecule has 0 spiro atoms. The molecule has 0 aliphatic heterocycles. The highest BCUT2D eigenvalue weighted by atomic mass is 19.1. The minimum atomic E-state index is -1.13. The fourth-order valence-electron chi connectivity index (χ4n) is 1.79. The van der Waals surface area contributed by atoms with Crippen molar-refractivity contribution >= 4 is 11.9 Å². The van der Waals surface area contributed by atoms with Gasteiger partial charge in [0.25, 0.3) is 5.91 Å². The second kappa shape index (κ2) is 5.74. The SMILES string of the molecule is Cc1cc(F)ccc1-n1ccc(C(=O)N[C@@H](C)C(=O)O)n1. The van der Waals surface area contributed by atoms with Gasteiger partial charge in [-0.3, -0.25) is 9.59 Å². The van der Waals surface area contributed by atoms with Crippen LogP contribution < -0.4 is 5.32 Å². The standard InChI is InChI=1S/C14H14FN3O3/c1-8-7-10(15)3-4-12(8)18-6-5-11(17-18)13(19)16-9(2)14(20)21/h3-7,9H,1-2H3,(H,16,19)(H,20,21)/t9-/m0/s1. The predicted molar refractivity (Wildman–Crippen MR) is 72.8 cm³/mol. The monoisotopic (exact) mass is 291 g/mol. The number of carbonyl (C=O) groups is 2. The Morgan fingerprint density at radius 2 is 2.10 bits per heavy atom. The third kappa shape index (κ3) is 3.25. The molecule has 0 aliphatic rings. The number of aliphatic carboxylic acids is 1. The van der Waals surface area contributed by atoms with Gasteiger partial charge in [0.15, 0.2) is 5.69 Å². The van der Waals surface area contributed by atoms with E-state index in [0.717, 1.165) is 0 Å². The molecule has 1 aromatic carbocycles. The average molecular weight is 291 g/mol. The summed E-state index contributed by atoms with van der Waals surface area (Å²) in [6.45, 7) is 3.09. The molecule has 0 saturated heterocycles. The Morgan fingerprint density at radius 1 is 1.38 bits per heavy atom. The van der Waals surface area contributed by atoms with Crippen LogP contribution in [0.2, 0.25) is 0 Å². The number of hydrogen-bond donors (Lipinski definition) is 2. The average Bonchev–Trinajstić information content (AvgIpc) is 2.87. The highest BCUT2D eigenvalue weighted by Crippen LogP contribution is 2.14. The second-order valence-electron chi connectivity index (χ2n) is 4.61. The van der Waals surface area contributed by atoms with Crippen LogP contribution in [0.5, 0.6) is 0 Å². The normalized spacial score (nSPS) is 12.0. The third-order valence-corrected chi connectivity index (χ3v) is 2.95. The maximum Gasteiger partial charge on any atom is 0.325 e. The molecule has 0 fully saturated rings. The minimum Gasteiger partial charge on any atom is -0.480 e. The van der Waals surface area contributed by atoms with E-state index in [0.29, 0.717) is 11.3 Å². The van der Waals surface area contributed by atoms with Crippen LogP contribution in [0.4, 0.5) is 4.39 Å². The van der Waals surface area contributed by atoms with Crippen LogP contribution in [0.1, 0.15) is 23.0 Å². The first-order valence-corrected chi connectivity index (χ1v) is 6.24. The zero-order chi connectivity index (χ0) is 15.6. The molecule has 110 valence electrons. The zero-order valence-corrected chi connectivity index (χ0v) is 11.5. The molecule has 0 radical (unpaired) electrons. The van der Waals surface area contributed by atoms with Crippen molar-refractivity contribution in [1.29, 1.82) is 0 Å². The second-order valence-corrected chi connectivity index (χ2v) is 4.61. The highest BCUT2D eigenvalue weighted by molar-refractivity contribution is 5.94. The van der Waals surface area contributed by atoms with Gasteiger partial charge in [-0.25, -0.2) is 9.07 Å². The number of aromatic nitrogens is 2. The predicted octanol–water partition coefficient (Wildman–Crippen LogP) is 1.52. The minimum absolute atomic E-state index is 0.0897. The van der Waals surface area contributed by atoms with Gasteiger partial charge >= 0.3 is 5.97 Å². The topological polar surface area (TPSA) is 84.2 Å². The van der Waals surface area contributed by atoms with Crippen molar-refractivity contribution in [2.45, 2.75) is 19.9 Å². The number of aryl methyl sites for hydroxylation is 1. The molecule has 21 heavy (non-hydrogen) atoms. The Balaban J connectivity index is 2.21. The van der Waals surface area contributed by atoms with E-state index in [-0.39, 0.29) is 11.5 Å². The lowest BCUT2D eigenvalue weighted by atomic mass is 10.2. The van der Waals surface area contributed by atoms with E-state index in [2.05, 4.69) is 10.4 Å². The van der Waals surface area contributed by atoms with E-state index in [4.69, 9.17) is 5.11 Å². The summed E-state index contributed by atoms with van der Waals surface area (Å²) in [6.07, 6.45) is 1.56. The summed E-state index contributed by atoms with van der Waals surface area (Å²) in [5, 5.41) is 15.1. The summed E-state index contributed by atoms with van der Waals surface area (Å²) in [6, 6.07) is 4.68. The van der Waals surface area contributed by atoms with Crippen LogP contribution in [-0.4, -0.2) is 32.8 Å². The van der Waals surface area contributed by atoms with Gasteiger partial charge in [0.05, 0.1) is 5.69 Å². The van der Waals surface area contributed by atoms with E-state index in [9.17, 15) is 14.0 Å². The van der Waals surface area contributed by atoms with Gasteiger partial charge in [-0.2, -0.15) is 5.10 Å². The van der Waals surface area contributed by atoms with Crippen LogP contribution in [0, 0.1) is 12.7 Å². The lowest BCUT2D eigenvalue weighted by Gasteiger charge is -2.07. The molecule has 1 amide bonds. The number of halogens is 1. The molecule has 7 heteroatoms. The molecule has 1 heterocycles. The largest absolute Gasteiger partial charge is 0.480 e. The van der Waals surface area contributed by atoms with Gasteiger partial charge in [0, 0.05) is 6.20 Å². The Hall–Kier alpha value is -2.70. The van der Waals surface area contributed by atoms with E-state index < -0.39 is 17.9 Å². The molecule has 1 atom stereocenters. The first kappa shape index (κ1) is 14.7. The van der Waals surface area contributed by atoms with Crippen molar-refractivity contribution in [3.05, 3.63) is 47.5 Å². The lowest BCUT2D eigenvalue weighted by Crippen LogP contribution is -2.38. The van der Waals surface area contributed by atoms with Crippen LogP contribution >= 0.6 is 0 Å². The number of hydrogen-bond acceptors (Lipinski definition) is 3. The summed E-state index contributed by atoms with van der Waals surface area (Å²) < 4.78 is 14.5. The van der Waals surface area contributed by atoms with Gasteiger partial charge in [-0.15, -0.1) is 0 Å². The summed E-state index contributed by atoms with van der Waals surface area (Å²) in [5.41, 5.74) is 1.40. The molecular weight excluding hydrogens is 277 g/mol. The molecule has 2 aromatic rings. The van der Waals surface area contributed by atoms with Crippen LogP contribution in [-0.2, 0) is 4.79 Å².